The first-order chi connectivity index (χ1) is 12.7. The summed E-state index contributed by atoms with van der Waals surface area (Å²) in [6.07, 6.45) is 0. The number of aromatic amines is 2. The molecule has 26 heavy (non-hydrogen) atoms. The molecular formula is C22H12N2O2. The van der Waals surface area contributed by atoms with Crippen molar-refractivity contribution in [1.29, 1.82) is 0 Å². The van der Waals surface area contributed by atoms with E-state index in [2.05, 4.69) is 33.6 Å². The van der Waals surface area contributed by atoms with Gasteiger partial charge in [-0.2, -0.15) is 0 Å². The average Bonchev–Trinajstić information content (AvgIpc) is 2.89. The SMILES string of the molecule is O=c1[nH]c2cccccc-2c1C#CC#Cc1c2cccccc-2[nH]c1=O. The number of aromatic nitrogens is 2. The van der Waals surface area contributed by atoms with Crippen LogP contribution in [0.5, 0.6) is 0 Å². The monoisotopic (exact) mass is 336 g/mol. The predicted octanol–water partition coefficient (Wildman–Crippen LogP) is 2.68. The fraction of sp³-hybridized carbons (Fsp3) is 0. The number of hydrogen-bond donors (Lipinski definition) is 2. The quantitative estimate of drug-likeness (QED) is 0.485. The van der Waals surface area contributed by atoms with Crippen LogP contribution in [0, 0.1) is 23.7 Å². The molecule has 2 N–H and O–H groups in total. The molecule has 122 valence electrons. The topological polar surface area (TPSA) is 65.7 Å². The summed E-state index contributed by atoms with van der Waals surface area (Å²) >= 11 is 0. The van der Waals surface area contributed by atoms with Crippen LogP contribution in [0.4, 0.5) is 0 Å². The summed E-state index contributed by atoms with van der Waals surface area (Å²) in [5.74, 6) is 11.0. The van der Waals surface area contributed by atoms with Gasteiger partial charge in [0.2, 0.25) is 0 Å². The van der Waals surface area contributed by atoms with Crippen LogP contribution >= 0.6 is 0 Å². The number of nitrogens with one attached hydrogen (secondary N) is 2. The molecule has 2 heterocycles. The van der Waals surface area contributed by atoms with Crippen LogP contribution in [-0.2, 0) is 0 Å². The number of fused-ring (bicyclic) bond motifs is 2. The van der Waals surface area contributed by atoms with Crippen molar-refractivity contribution in [2.75, 3.05) is 0 Å². The van der Waals surface area contributed by atoms with Gasteiger partial charge < -0.3 is 9.97 Å². The van der Waals surface area contributed by atoms with Crippen LogP contribution in [0.3, 0.4) is 0 Å². The molecule has 0 saturated heterocycles. The maximum atomic E-state index is 12.1. The fourth-order valence-electron chi connectivity index (χ4n) is 2.80. The van der Waals surface area contributed by atoms with E-state index < -0.39 is 0 Å². The lowest BCUT2D eigenvalue weighted by Gasteiger charge is -1.89. The van der Waals surface area contributed by atoms with Crippen molar-refractivity contribution in [3.05, 3.63) is 92.5 Å². The highest BCUT2D eigenvalue weighted by Gasteiger charge is 2.12. The van der Waals surface area contributed by atoms with E-state index in [4.69, 9.17) is 0 Å². The zero-order valence-corrected chi connectivity index (χ0v) is 13.6. The molecule has 0 saturated carbocycles. The van der Waals surface area contributed by atoms with Crippen LogP contribution in [0.25, 0.3) is 22.5 Å². The van der Waals surface area contributed by atoms with Gasteiger partial charge in [0.05, 0.1) is 11.1 Å². The van der Waals surface area contributed by atoms with E-state index in [1.54, 1.807) is 0 Å². The van der Waals surface area contributed by atoms with Crippen LogP contribution < -0.4 is 11.1 Å². The van der Waals surface area contributed by atoms with Gasteiger partial charge in [-0.15, -0.1) is 0 Å². The largest absolute Gasteiger partial charge is 0.321 e. The molecule has 0 aromatic rings. The maximum Gasteiger partial charge on any atom is 0.264 e. The summed E-state index contributed by atoms with van der Waals surface area (Å²) in [5.41, 5.74) is 3.20. The van der Waals surface area contributed by atoms with Crippen LogP contribution in [-0.4, -0.2) is 9.97 Å². The zero-order valence-electron chi connectivity index (χ0n) is 13.6. The summed E-state index contributed by atoms with van der Waals surface area (Å²) in [7, 11) is 0. The lowest BCUT2D eigenvalue weighted by Crippen LogP contribution is -2.01. The summed E-state index contributed by atoms with van der Waals surface area (Å²) in [5, 5.41) is 0. The van der Waals surface area contributed by atoms with Crippen LogP contribution in [0.2, 0.25) is 0 Å². The Morgan fingerprint density at radius 2 is 1.00 bits per heavy atom. The second-order valence-electron chi connectivity index (χ2n) is 5.63. The van der Waals surface area contributed by atoms with Gasteiger partial charge in [0, 0.05) is 22.5 Å². The van der Waals surface area contributed by atoms with Crippen LogP contribution in [0.1, 0.15) is 11.1 Å². The van der Waals surface area contributed by atoms with Crippen molar-refractivity contribution >= 4 is 0 Å². The first-order valence-corrected chi connectivity index (χ1v) is 7.98. The molecule has 4 nitrogen and oxygen atoms in total. The second-order valence-corrected chi connectivity index (χ2v) is 5.63. The van der Waals surface area contributed by atoms with Gasteiger partial charge in [0.15, 0.2) is 0 Å². The van der Waals surface area contributed by atoms with Gasteiger partial charge in [-0.25, -0.2) is 0 Å². The molecule has 2 aliphatic carbocycles. The Hall–Kier alpha value is -4.02. The highest BCUT2D eigenvalue weighted by Crippen LogP contribution is 2.20. The van der Waals surface area contributed by atoms with Crippen molar-refractivity contribution < 1.29 is 0 Å². The molecule has 4 aliphatic rings. The van der Waals surface area contributed by atoms with E-state index >= 15 is 0 Å². The molecule has 4 heteroatoms. The molecule has 0 atom stereocenters. The highest BCUT2D eigenvalue weighted by molar-refractivity contribution is 5.71. The zero-order chi connectivity index (χ0) is 17.9. The van der Waals surface area contributed by atoms with Gasteiger partial charge in [-0.1, -0.05) is 48.5 Å². The minimum absolute atomic E-state index is 0.246. The molecular weight excluding hydrogens is 324 g/mol. The van der Waals surface area contributed by atoms with E-state index in [0.717, 1.165) is 22.5 Å². The third-order valence-corrected chi connectivity index (χ3v) is 4.00. The summed E-state index contributed by atoms with van der Waals surface area (Å²) in [6.45, 7) is 0. The number of rotatable bonds is 0. The molecule has 4 rings (SSSR count). The molecule has 0 spiro atoms. The average molecular weight is 336 g/mol. The Morgan fingerprint density at radius 3 is 1.46 bits per heavy atom. The third-order valence-electron chi connectivity index (χ3n) is 4.00. The van der Waals surface area contributed by atoms with E-state index in [9.17, 15) is 9.59 Å². The predicted molar refractivity (Wildman–Crippen MR) is 101 cm³/mol. The molecule has 0 fully saturated rings. The van der Waals surface area contributed by atoms with Gasteiger partial charge in [-0.3, -0.25) is 9.59 Å². The fourth-order valence-corrected chi connectivity index (χ4v) is 2.80. The van der Waals surface area contributed by atoms with E-state index in [-0.39, 0.29) is 11.1 Å². The molecule has 2 aliphatic heterocycles. The van der Waals surface area contributed by atoms with E-state index in [0.29, 0.717) is 11.1 Å². The molecule has 0 unspecified atom stereocenters. The van der Waals surface area contributed by atoms with Crippen LogP contribution in [0.15, 0.2) is 70.3 Å². The van der Waals surface area contributed by atoms with E-state index in [1.807, 2.05) is 60.7 Å². The Balaban J connectivity index is 1.74. The maximum absolute atomic E-state index is 12.1. The Bertz CT molecular complexity index is 1190. The first kappa shape index (κ1) is 15.5. The Morgan fingerprint density at radius 1 is 0.577 bits per heavy atom. The van der Waals surface area contributed by atoms with Gasteiger partial charge in [0.1, 0.15) is 0 Å². The van der Waals surface area contributed by atoms with Gasteiger partial charge in [0.25, 0.3) is 11.1 Å². The molecule has 0 radical (unpaired) electrons. The first-order valence-electron chi connectivity index (χ1n) is 7.98. The van der Waals surface area contributed by atoms with Gasteiger partial charge >= 0.3 is 0 Å². The smallest absolute Gasteiger partial charge is 0.264 e. The molecule has 0 amide bonds. The third kappa shape index (κ3) is 2.77. The molecule has 0 aromatic heterocycles. The van der Waals surface area contributed by atoms with Crippen molar-refractivity contribution in [3.63, 3.8) is 0 Å². The Labute approximate surface area is 149 Å². The molecule has 0 bridgehead atoms. The minimum atomic E-state index is -0.246. The number of H-pyrrole nitrogens is 2. The van der Waals surface area contributed by atoms with Crippen molar-refractivity contribution in [1.82, 2.24) is 9.97 Å². The summed E-state index contributed by atoms with van der Waals surface area (Å²) in [4.78, 5) is 29.7. The van der Waals surface area contributed by atoms with Crippen molar-refractivity contribution in [2.45, 2.75) is 0 Å². The van der Waals surface area contributed by atoms with E-state index in [1.165, 1.54) is 0 Å². The van der Waals surface area contributed by atoms with Crippen molar-refractivity contribution in [3.8, 4) is 46.2 Å². The lowest BCUT2D eigenvalue weighted by atomic mass is 10.1. The Kier molecular flexibility index (Phi) is 3.86. The minimum Gasteiger partial charge on any atom is -0.321 e. The second kappa shape index (κ2) is 6.47. The normalized spacial score (nSPS) is 10.0. The number of hydrogen-bond acceptors (Lipinski definition) is 2. The lowest BCUT2D eigenvalue weighted by molar-refractivity contribution is 1.32. The van der Waals surface area contributed by atoms with Crippen molar-refractivity contribution in [2.24, 2.45) is 0 Å². The summed E-state index contributed by atoms with van der Waals surface area (Å²) < 4.78 is 0. The highest BCUT2D eigenvalue weighted by atomic mass is 16.1. The standard InChI is InChI=1S/C22H12N2O2/c25-21-17(15-9-3-1-5-13-19(15)23-21)11-7-8-12-18-16-10-4-2-6-14-20(16)24-22(18)26/h1-6,9-10,13-14H,(H,23,25)(H,24,26). The molecule has 0 aromatic carbocycles. The summed E-state index contributed by atoms with van der Waals surface area (Å²) in [6, 6.07) is 18.5. The van der Waals surface area contributed by atoms with Gasteiger partial charge in [-0.05, 0) is 35.8 Å².